The lowest BCUT2D eigenvalue weighted by molar-refractivity contribution is 1.24. The minimum absolute atomic E-state index is 0.845. The van der Waals surface area contributed by atoms with Gasteiger partial charge >= 0.3 is 0 Å². The number of benzene rings is 1. The Morgan fingerprint density at radius 2 is 1.08 bits per heavy atom. The van der Waals surface area contributed by atoms with Crippen LogP contribution in [0.5, 0.6) is 0 Å². The fourth-order valence-corrected chi connectivity index (χ4v) is 2.61. The molecule has 114 valence electrons. The van der Waals surface area contributed by atoms with Gasteiger partial charge in [0.15, 0.2) is 0 Å². The summed E-state index contributed by atoms with van der Waals surface area (Å²) in [4.78, 5) is 13.7. The lowest BCUT2D eigenvalue weighted by atomic mass is 10.0. The maximum absolute atomic E-state index is 4.81. The molecule has 0 aliphatic heterocycles. The van der Waals surface area contributed by atoms with E-state index in [0.717, 1.165) is 33.9 Å². The molecule has 0 radical (unpaired) electrons. The summed E-state index contributed by atoms with van der Waals surface area (Å²) in [5.74, 6) is 0. The van der Waals surface area contributed by atoms with Crippen LogP contribution in [-0.2, 0) is 0 Å². The molecule has 3 heteroatoms. The van der Waals surface area contributed by atoms with Crippen molar-refractivity contribution in [2.24, 2.45) is 0 Å². The molecule has 0 amide bonds. The number of nitrogens with zero attached hydrogens (tertiary/aromatic N) is 3. The zero-order chi connectivity index (χ0) is 16.2. The van der Waals surface area contributed by atoms with Crippen molar-refractivity contribution in [1.29, 1.82) is 0 Å². The molecule has 3 heterocycles. The highest BCUT2D eigenvalue weighted by Gasteiger charge is 2.09. The van der Waals surface area contributed by atoms with E-state index in [9.17, 15) is 0 Å². The van der Waals surface area contributed by atoms with Crippen LogP contribution in [0.25, 0.3) is 33.9 Å². The molecule has 0 atom stereocenters. The number of hydrogen-bond donors (Lipinski definition) is 0. The predicted octanol–water partition coefficient (Wildman–Crippen LogP) is 4.87. The Bertz CT molecular complexity index is 797. The van der Waals surface area contributed by atoms with E-state index in [1.54, 1.807) is 12.4 Å². The average molecular weight is 309 g/mol. The van der Waals surface area contributed by atoms with Gasteiger partial charge in [-0.3, -0.25) is 9.97 Å². The molecule has 24 heavy (non-hydrogen) atoms. The van der Waals surface area contributed by atoms with Crippen molar-refractivity contribution in [3.05, 3.63) is 91.3 Å². The highest BCUT2D eigenvalue weighted by atomic mass is 14.8. The fraction of sp³-hybridized carbons (Fsp3) is 0. The molecule has 0 N–H and O–H groups in total. The van der Waals surface area contributed by atoms with Gasteiger partial charge < -0.3 is 0 Å². The van der Waals surface area contributed by atoms with Crippen LogP contribution in [0.2, 0.25) is 0 Å². The van der Waals surface area contributed by atoms with Crippen molar-refractivity contribution in [2.75, 3.05) is 0 Å². The number of hydrogen-bond acceptors (Lipinski definition) is 3. The summed E-state index contributed by atoms with van der Waals surface area (Å²) in [5.41, 5.74) is 5.65. The summed E-state index contributed by atoms with van der Waals surface area (Å²) in [6.45, 7) is 0. The Balaban J connectivity index is 1.92. The predicted molar refractivity (Wildman–Crippen MR) is 96.1 cm³/mol. The van der Waals surface area contributed by atoms with Gasteiger partial charge in [-0.25, -0.2) is 4.98 Å². The number of pyridine rings is 3. The lowest BCUT2D eigenvalue weighted by Gasteiger charge is -2.09. The van der Waals surface area contributed by atoms with Crippen molar-refractivity contribution >= 4 is 0 Å². The van der Waals surface area contributed by atoms with Gasteiger partial charge in [-0.15, -0.1) is 0 Å². The third kappa shape index (κ3) is 2.92. The topological polar surface area (TPSA) is 38.7 Å². The van der Waals surface area contributed by atoms with Crippen LogP contribution < -0.4 is 0 Å². The summed E-state index contributed by atoms with van der Waals surface area (Å²) < 4.78 is 0. The van der Waals surface area contributed by atoms with Crippen LogP contribution in [0, 0.1) is 0 Å². The summed E-state index contributed by atoms with van der Waals surface area (Å²) in [7, 11) is 0. The zero-order valence-corrected chi connectivity index (χ0v) is 13.0. The van der Waals surface area contributed by atoms with Crippen LogP contribution >= 0.6 is 0 Å². The summed E-state index contributed by atoms with van der Waals surface area (Å²) in [5, 5.41) is 0. The smallest absolute Gasteiger partial charge is 0.0900 e. The van der Waals surface area contributed by atoms with Gasteiger partial charge in [0, 0.05) is 23.5 Å². The highest BCUT2D eigenvalue weighted by Crippen LogP contribution is 2.28. The Kier molecular flexibility index (Phi) is 3.82. The number of aromatic nitrogens is 3. The van der Waals surface area contributed by atoms with Gasteiger partial charge in [0.25, 0.3) is 0 Å². The van der Waals surface area contributed by atoms with Gasteiger partial charge in [-0.1, -0.05) is 42.5 Å². The van der Waals surface area contributed by atoms with Crippen molar-refractivity contribution in [2.45, 2.75) is 0 Å². The average Bonchev–Trinajstić information content (AvgIpc) is 2.70. The Hall–Kier alpha value is -3.33. The normalized spacial score (nSPS) is 10.5. The summed E-state index contributed by atoms with van der Waals surface area (Å²) >= 11 is 0. The summed E-state index contributed by atoms with van der Waals surface area (Å²) in [6.07, 6.45) is 3.59. The third-order valence-electron chi connectivity index (χ3n) is 3.78. The first kappa shape index (κ1) is 14.3. The van der Waals surface area contributed by atoms with E-state index < -0.39 is 0 Å². The molecule has 0 bridgehead atoms. The molecule has 3 aromatic heterocycles. The molecule has 4 rings (SSSR count). The molecule has 0 spiro atoms. The van der Waals surface area contributed by atoms with Crippen molar-refractivity contribution in [1.82, 2.24) is 15.0 Å². The molecule has 0 unspecified atom stereocenters. The molecule has 0 saturated carbocycles. The third-order valence-corrected chi connectivity index (χ3v) is 3.78. The van der Waals surface area contributed by atoms with Gasteiger partial charge in [0.05, 0.1) is 22.8 Å². The second kappa shape index (κ2) is 6.42. The van der Waals surface area contributed by atoms with E-state index in [0.29, 0.717) is 0 Å². The zero-order valence-electron chi connectivity index (χ0n) is 13.0. The Morgan fingerprint density at radius 1 is 0.458 bits per heavy atom. The molecule has 0 aliphatic carbocycles. The van der Waals surface area contributed by atoms with Gasteiger partial charge in [-0.05, 0) is 36.4 Å². The van der Waals surface area contributed by atoms with Gasteiger partial charge in [0.2, 0.25) is 0 Å². The molecule has 0 aliphatic rings. The maximum atomic E-state index is 4.81. The van der Waals surface area contributed by atoms with Gasteiger partial charge in [0.1, 0.15) is 0 Å². The van der Waals surface area contributed by atoms with Crippen LogP contribution in [0.1, 0.15) is 0 Å². The van der Waals surface area contributed by atoms with Crippen LogP contribution in [0.4, 0.5) is 0 Å². The fourth-order valence-electron chi connectivity index (χ4n) is 2.61. The van der Waals surface area contributed by atoms with Crippen LogP contribution in [-0.4, -0.2) is 15.0 Å². The van der Waals surface area contributed by atoms with Crippen molar-refractivity contribution in [3.8, 4) is 33.9 Å². The molecule has 4 aromatic rings. The first-order valence-corrected chi connectivity index (χ1v) is 7.80. The standard InChI is InChI=1S/C21H15N3/c1-2-8-16(9-3-1)20-14-17(18-10-4-6-12-22-18)15-21(24-20)19-11-5-7-13-23-19/h1-15H. The van der Waals surface area contributed by atoms with Crippen LogP contribution in [0.3, 0.4) is 0 Å². The van der Waals surface area contributed by atoms with E-state index in [1.807, 2.05) is 60.7 Å². The van der Waals surface area contributed by atoms with Crippen molar-refractivity contribution in [3.63, 3.8) is 0 Å². The minimum atomic E-state index is 0.845. The van der Waals surface area contributed by atoms with E-state index in [-0.39, 0.29) is 0 Å². The first-order valence-electron chi connectivity index (χ1n) is 7.80. The second-order valence-corrected chi connectivity index (χ2v) is 5.42. The SMILES string of the molecule is c1ccc(-c2cc(-c3ccccn3)cc(-c3ccccn3)n2)cc1. The Labute approximate surface area is 140 Å². The van der Waals surface area contributed by atoms with Crippen molar-refractivity contribution < 1.29 is 0 Å². The maximum Gasteiger partial charge on any atom is 0.0900 e. The van der Waals surface area contributed by atoms with Crippen LogP contribution in [0.15, 0.2) is 91.3 Å². The van der Waals surface area contributed by atoms with E-state index in [2.05, 4.69) is 28.2 Å². The summed E-state index contributed by atoms with van der Waals surface area (Å²) in [6, 6.07) is 26.0. The molecule has 1 aromatic carbocycles. The molecule has 3 nitrogen and oxygen atoms in total. The van der Waals surface area contributed by atoms with E-state index in [1.165, 1.54) is 0 Å². The second-order valence-electron chi connectivity index (χ2n) is 5.42. The minimum Gasteiger partial charge on any atom is -0.256 e. The molecule has 0 fully saturated rings. The lowest BCUT2D eigenvalue weighted by Crippen LogP contribution is -1.93. The quantitative estimate of drug-likeness (QED) is 0.542. The van der Waals surface area contributed by atoms with E-state index >= 15 is 0 Å². The van der Waals surface area contributed by atoms with Gasteiger partial charge in [-0.2, -0.15) is 0 Å². The largest absolute Gasteiger partial charge is 0.256 e. The van der Waals surface area contributed by atoms with E-state index in [4.69, 9.17) is 4.98 Å². The number of rotatable bonds is 3. The highest BCUT2D eigenvalue weighted by molar-refractivity contribution is 5.74. The monoisotopic (exact) mass is 309 g/mol. The molecular formula is C21H15N3. The first-order chi connectivity index (χ1) is 11.9. The Morgan fingerprint density at radius 3 is 1.75 bits per heavy atom. The molecular weight excluding hydrogens is 294 g/mol. The molecule has 0 saturated heterocycles.